The Hall–Kier alpha value is -6.21. The number of imidazole rings is 1. The number of nitrogens with zero attached hydrogens (tertiary/aromatic N) is 7. The number of benzene rings is 5. The fourth-order valence-corrected chi connectivity index (χ4v) is 7.32. The van der Waals surface area contributed by atoms with E-state index < -0.39 is 5.54 Å². The fraction of sp³-hybridized carbons (Fsp3) is 0.140. The summed E-state index contributed by atoms with van der Waals surface area (Å²) in [6, 6.07) is 52.5. The summed E-state index contributed by atoms with van der Waals surface area (Å²) >= 11 is 0. The molecular formula is C43H37N7. The van der Waals surface area contributed by atoms with E-state index in [1.165, 1.54) is 0 Å². The number of aryl methyl sites for hydroxylation is 1. The zero-order valence-electron chi connectivity index (χ0n) is 27.9. The molecule has 7 nitrogen and oxygen atoms in total. The van der Waals surface area contributed by atoms with Gasteiger partial charge in [0.25, 0.3) is 0 Å². The molecule has 7 heteroatoms. The van der Waals surface area contributed by atoms with Crippen LogP contribution in [0.3, 0.4) is 0 Å². The van der Waals surface area contributed by atoms with Crippen molar-refractivity contribution in [1.82, 2.24) is 34.7 Å². The van der Waals surface area contributed by atoms with Crippen LogP contribution in [0.2, 0.25) is 0 Å². The van der Waals surface area contributed by atoms with E-state index in [4.69, 9.17) is 15.3 Å². The van der Waals surface area contributed by atoms with Gasteiger partial charge in [-0.2, -0.15) is 0 Å². The monoisotopic (exact) mass is 651 g/mol. The van der Waals surface area contributed by atoms with Crippen LogP contribution in [0.4, 0.5) is 0 Å². The summed E-state index contributed by atoms with van der Waals surface area (Å²) in [6.07, 6.45) is 6.72. The highest BCUT2D eigenvalue weighted by molar-refractivity contribution is 5.76. The molecule has 0 aliphatic carbocycles. The molecule has 0 aliphatic rings. The molecule has 3 aromatic heterocycles. The Labute approximate surface area is 291 Å². The van der Waals surface area contributed by atoms with Gasteiger partial charge >= 0.3 is 0 Å². The Bertz CT molecular complexity index is 2220. The average Bonchev–Trinajstić information content (AvgIpc) is 3.82. The van der Waals surface area contributed by atoms with Crippen LogP contribution >= 0.6 is 0 Å². The van der Waals surface area contributed by atoms with Gasteiger partial charge in [0.2, 0.25) is 0 Å². The van der Waals surface area contributed by atoms with Crippen molar-refractivity contribution in [2.45, 2.75) is 37.8 Å². The molecule has 0 radical (unpaired) electrons. The zero-order chi connectivity index (χ0) is 33.8. The van der Waals surface area contributed by atoms with E-state index in [1.807, 2.05) is 41.3 Å². The predicted molar refractivity (Wildman–Crippen MR) is 198 cm³/mol. The number of hydrogen-bond acceptors (Lipinski definition) is 5. The number of aromatic nitrogens is 7. The molecule has 50 heavy (non-hydrogen) atoms. The van der Waals surface area contributed by atoms with Gasteiger partial charge < -0.3 is 4.57 Å². The Morgan fingerprint density at radius 3 is 1.86 bits per heavy atom. The van der Waals surface area contributed by atoms with Crippen molar-refractivity contribution < 1.29 is 0 Å². The zero-order valence-corrected chi connectivity index (χ0v) is 27.9. The second-order valence-corrected chi connectivity index (χ2v) is 12.5. The Morgan fingerprint density at radius 1 is 0.660 bits per heavy atom. The third kappa shape index (κ3) is 5.37. The molecular weight excluding hydrogens is 615 g/mol. The van der Waals surface area contributed by atoms with Crippen LogP contribution < -0.4 is 0 Å². The molecule has 0 bridgehead atoms. The Kier molecular flexibility index (Phi) is 8.53. The summed E-state index contributed by atoms with van der Waals surface area (Å²) in [6.45, 7) is 2.22. The van der Waals surface area contributed by atoms with Crippen LogP contribution in [0.15, 0.2) is 164 Å². The Morgan fingerprint density at radius 2 is 1.24 bits per heavy atom. The maximum atomic E-state index is 5.17. The van der Waals surface area contributed by atoms with Crippen LogP contribution in [0, 0.1) is 0 Å². The van der Waals surface area contributed by atoms with Crippen LogP contribution in [-0.2, 0) is 12.0 Å². The minimum atomic E-state index is -0.879. The quantitative estimate of drug-likeness (QED) is 0.131. The van der Waals surface area contributed by atoms with E-state index in [2.05, 4.69) is 149 Å². The summed E-state index contributed by atoms with van der Waals surface area (Å²) in [7, 11) is 0. The topological polar surface area (TPSA) is 74.3 Å². The van der Waals surface area contributed by atoms with Gasteiger partial charge in [-0.25, -0.2) is 9.67 Å². The molecule has 8 rings (SSSR count). The molecule has 0 saturated carbocycles. The lowest BCUT2D eigenvalue weighted by Crippen LogP contribution is -2.39. The summed E-state index contributed by atoms with van der Waals surface area (Å²) in [4.78, 5) is 9.73. The first-order valence-corrected chi connectivity index (χ1v) is 17.2. The van der Waals surface area contributed by atoms with Gasteiger partial charge in [-0.15, -0.1) is 5.10 Å². The molecule has 0 saturated heterocycles. The number of fused-ring (bicyclic) bond motifs is 1. The minimum Gasteiger partial charge on any atom is -0.315 e. The number of unbranched alkanes of at least 4 members (excludes halogenated alkanes) is 1. The SMILES string of the molecule is CCCCc1nc2ccncc2n1C(c1ccccc1)c1ccccc1-c1nnnn1C(c1ccccc1)(c1ccccc1)c1ccccc1. The van der Waals surface area contributed by atoms with Crippen molar-refractivity contribution in [3.05, 3.63) is 198 Å². The van der Waals surface area contributed by atoms with Crippen LogP contribution in [0.5, 0.6) is 0 Å². The predicted octanol–water partition coefficient (Wildman–Crippen LogP) is 8.91. The lowest BCUT2D eigenvalue weighted by molar-refractivity contribution is 0.451. The summed E-state index contributed by atoms with van der Waals surface area (Å²) < 4.78 is 4.39. The maximum Gasteiger partial charge on any atom is 0.183 e. The van der Waals surface area contributed by atoms with Gasteiger partial charge in [0.15, 0.2) is 5.82 Å². The second kappa shape index (κ2) is 13.7. The largest absolute Gasteiger partial charge is 0.315 e. The third-order valence-corrected chi connectivity index (χ3v) is 9.55. The summed E-state index contributed by atoms with van der Waals surface area (Å²) in [5.74, 6) is 1.70. The standard InChI is InChI=1S/C43H37N7/c1-2-3-28-40-45-38-29-30-44-31-39(38)49(40)41(32-18-8-4-9-19-32)36-26-16-17-27-37(36)42-46-47-48-50(42)43(33-20-10-5-11-21-33,34-22-12-6-13-23-34)35-24-14-7-15-25-35/h4-27,29-31,41H,2-3,28H2,1H3. The maximum absolute atomic E-state index is 5.17. The first-order chi connectivity index (χ1) is 24.8. The van der Waals surface area contributed by atoms with Crippen molar-refractivity contribution in [2.75, 3.05) is 0 Å². The molecule has 1 unspecified atom stereocenters. The molecule has 5 aromatic carbocycles. The lowest BCUT2D eigenvalue weighted by atomic mass is 9.76. The van der Waals surface area contributed by atoms with Gasteiger partial charge in [-0.3, -0.25) is 4.98 Å². The molecule has 0 N–H and O–H groups in total. The number of tetrazole rings is 1. The molecule has 244 valence electrons. The fourth-order valence-electron chi connectivity index (χ4n) is 7.32. The smallest absolute Gasteiger partial charge is 0.183 e. The van der Waals surface area contributed by atoms with Gasteiger partial charge in [-0.1, -0.05) is 159 Å². The third-order valence-electron chi connectivity index (χ3n) is 9.55. The molecule has 0 amide bonds. The van der Waals surface area contributed by atoms with E-state index in [9.17, 15) is 0 Å². The van der Waals surface area contributed by atoms with Gasteiger partial charge in [0, 0.05) is 18.2 Å². The van der Waals surface area contributed by atoms with Crippen molar-refractivity contribution in [3.8, 4) is 11.4 Å². The van der Waals surface area contributed by atoms with Crippen molar-refractivity contribution >= 4 is 11.0 Å². The van der Waals surface area contributed by atoms with Crippen molar-refractivity contribution in [2.24, 2.45) is 0 Å². The first-order valence-electron chi connectivity index (χ1n) is 17.2. The molecule has 3 heterocycles. The second-order valence-electron chi connectivity index (χ2n) is 12.5. The van der Waals surface area contributed by atoms with Crippen LogP contribution in [0.25, 0.3) is 22.4 Å². The minimum absolute atomic E-state index is 0.224. The molecule has 8 aromatic rings. The van der Waals surface area contributed by atoms with Crippen molar-refractivity contribution in [1.29, 1.82) is 0 Å². The van der Waals surface area contributed by atoms with Crippen molar-refractivity contribution in [3.63, 3.8) is 0 Å². The van der Waals surface area contributed by atoms with E-state index >= 15 is 0 Å². The first kappa shape index (κ1) is 31.1. The molecule has 0 aliphatic heterocycles. The van der Waals surface area contributed by atoms with Gasteiger partial charge in [0.05, 0.1) is 23.3 Å². The molecule has 0 spiro atoms. The highest BCUT2D eigenvalue weighted by Gasteiger charge is 2.42. The number of rotatable bonds is 11. The Balaban J connectivity index is 1.43. The molecule has 1 atom stereocenters. The molecule has 0 fully saturated rings. The van der Waals surface area contributed by atoms with Gasteiger partial charge in [-0.05, 0) is 50.7 Å². The number of hydrogen-bond donors (Lipinski definition) is 0. The van der Waals surface area contributed by atoms with Crippen LogP contribution in [-0.4, -0.2) is 34.7 Å². The normalized spacial score (nSPS) is 12.3. The number of pyridine rings is 1. The van der Waals surface area contributed by atoms with E-state index in [0.29, 0.717) is 5.82 Å². The highest BCUT2D eigenvalue weighted by atomic mass is 15.6. The van der Waals surface area contributed by atoms with Crippen LogP contribution in [0.1, 0.15) is 59.4 Å². The van der Waals surface area contributed by atoms with E-state index in [0.717, 1.165) is 69.5 Å². The average molecular weight is 652 g/mol. The summed E-state index contributed by atoms with van der Waals surface area (Å²) in [5, 5.41) is 14.1. The highest BCUT2D eigenvalue weighted by Crippen LogP contribution is 2.44. The van der Waals surface area contributed by atoms with E-state index in [-0.39, 0.29) is 6.04 Å². The summed E-state index contributed by atoms with van der Waals surface area (Å²) in [5.41, 5.74) is 7.35. The lowest BCUT2D eigenvalue weighted by Gasteiger charge is -2.36. The van der Waals surface area contributed by atoms with E-state index in [1.54, 1.807) is 0 Å². The van der Waals surface area contributed by atoms with Gasteiger partial charge in [0.1, 0.15) is 11.4 Å².